The third-order valence-corrected chi connectivity index (χ3v) is 2.58. The van der Waals surface area contributed by atoms with E-state index in [9.17, 15) is 0 Å². The lowest BCUT2D eigenvalue weighted by Crippen LogP contribution is -2.36. The molecular formula is C11H21N3. The largest absolute Gasteiger partial charge is 0.327 e. The Bertz CT molecular complexity index is 283. The van der Waals surface area contributed by atoms with Crippen LogP contribution in [-0.2, 0) is 13.0 Å². The first-order valence-corrected chi connectivity index (χ1v) is 5.20. The van der Waals surface area contributed by atoms with E-state index >= 15 is 0 Å². The fraction of sp³-hybridized carbons (Fsp3) is 0.727. The molecule has 14 heavy (non-hydrogen) atoms. The maximum absolute atomic E-state index is 6.10. The summed E-state index contributed by atoms with van der Waals surface area (Å²) in [4.78, 5) is 0. The molecule has 0 aromatic carbocycles. The molecule has 0 saturated carbocycles. The third-order valence-electron chi connectivity index (χ3n) is 2.58. The van der Waals surface area contributed by atoms with Gasteiger partial charge in [0.05, 0.1) is 6.20 Å². The summed E-state index contributed by atoms with van der Waals surface area (Å²) >= 11 is 0. The number of hydrogen-bond acceptors (Lipinski definition) is 2. The summed E-state index contributed by atoms with van der Waals surface area (Å²) in [7, 11) is 0. The number of hydrogen-bond donors (Lipinski definition) is 1. The number of aromatic nitrogens is 2. The van der Waals surface area contributed by atoms with Gasteiger partial charge in [0.15, 0.2) is 0 Å². The van der Waals surface area contributed by atoms with Crippen LogP contribution in [0.25, 0.3) is 0 Å². The zero-order valence-corrected chi connectivity index (χ0v) is 9.62. The molecule has 1 heterocycles. The van der Waals surface area contributed by atoms with Crippen LogP contribution in [0.15, 0.2) is 12.4 Å². The first-order valence-electron chi connectivity index (χ1n) is 5.20. The number of aryl methyl sites for hydroxylation is 1. The SMILES string of the molecule is CCn1cc(CC(N)C(C)(C)C)cn1. The molecule has 0 fully saturated rings. The van der Waals surface area contributed by atoms with Crippen molar-refractivity contribution in [2.45, 2.75) is 46.7 Å². The predicted octanol–water partition coefficient (Wildman–Crippen LogP) is 1.82. The zero-order chi connectivity index (χ0) is 10.8. The fourth-order valence-corrected chi connectivity index (χ4v) is 1.24. The van der Waals surface area contributed by atoms with Crippen molar-refractivity contribution in [2.24, 2.45) is 11.1 Å². The van der Waals surface area contributed by atoms with Crippen molar-refractivity contribution in [3.63, 3.8) is 0 Å². The van der Waals surface area contributed by atoms with E-state index < -0.39 is 0 Å². The Morgan fingerprint density at radius 1 is 1.50 bits per heavy atom. The van der Waals surface area contributed by atoms with Gasteiger partial charge < -0.3 is 5.73 Å². The van der Waals surface area contributed by atoms with Gasteiger partial charge in [-0.1, -0.05) is 20.8 Å². The van der Waals surface area contributed by atoms with E-state index in [1.807, 2.05) is 10.9 Å². The molecule has 3 heteroatoms. The molecular weight excluding hydrogens is 174 g/mol. The van der Waals surface area contributed by atoms with E-state index in [0.29, 0.717) is 0 Å². The highest BCUT2D eigenvalue weighted by Gasteiger charge is 2.21. The van der Waals surface area contributed by atoms with Crippen molar-refractivity contribution in [2.75, 3.05) is 0 Å². The first-order chi connectivity index (χ1) is 6.43. The van der Waals surface area contributed by atoms with Crippen LogP contribution in [0.4, 0.5) is 0 Å². The highest BCUT2D eigenvalue weighted by atomic mass is 15.3. The van der Waals surface area contributed by atoms with E-state index in [0.717, 1.165) is 13.0 Å². The Kier molecular flexibility index (Phi) is 3.32. The van der Waals surface area contributed by atoms with Crippen LogP contribution in [0.3, 0.4) is 0 Å². The molecule has 3 nitrogen and oxygen atoms in total. The molecule has 0 saturated heterocycles. The van der Waals surface area contributed by atoms with E-state index in [1.54, 1.807) is 0 Å². The van der Waals surface area contributed by atoms with Crippen molar-refractivity contribution in [3.05, 3.63) is 18.0 Å². The van der Waals surface area contributed by atoms with Crippen molar-refractivity contribution in [1.82, 2.24) is 9.78 Å². The van der Waals surface area contributed by atoms with Crippen LogP contribution in [0, 0.1) is 5.41 Å². The molecule has 0 aliphatic heterocycles. The average Bonchev–Trinajstić information content (AvgIpc) is 2.50. The van der Waals surface area contributed by atoms with Crippen LogP contribution < -0.4 is 5.73 Å². The molecule has 1 aromatic rings. The summed E-state index contributed by atoms with van der Waals surface area (Å²) in [5.41, 5.74) is 7.49. The summed E-state index contributed by atoms with van der Waals surface area (Å²) < 4.78 is 1.94. The Balaban J connectivity index is 2.60. The quantitative estimate of drug-likeness (QED) is 0.799. The standard InChI is InChI=1S/C11H21N3/c1-5-14-8-9(7-13-14)6-10(12)11(2,3)4/h7-8,10H,5-6,12H2,1-4H3. The minimum atomic E-state index is 0.161. The van der Waals surface area contributed by atoms with Crippen LogP contribution in [0.5, 0.6) is 0 Å². The van der Waals surface area contributed by atoms with Gasteiger partial charge in [-0.2, -0.15) is 5.10 Å². The van der Waals surface area contributed by atoms with Crippen molar-refractivity contribution >= 4 is 0 Å². The molecule has 80 valence electrons. The number of rotatable bonds is 3. The summed E-state index contributed by atoms with van der Waals surface area (Å²) in [5.74, 6) is 0. The molecule has 1 rings (SSSR count). The summed E-state index contributed by atoms with van der Waals surface area (Å²) in [6.45, 7) is 9.51. The van der Waals surface area contributed by atoms with Gasteiger partial charge in [0.2, 0.25) is 0 Å². The van der Waals surface area contributed by atoms with Crippen molar-refractivity contribution < 1.29 is 0 Å². The van der Waals surface area contributed by atoms with E-state index in [-0.39, 0.29) is 11.5 Å². The summed E-state index contributed by atoms with van der Waals surface area (Å²) in [6.07, 6.45) is 4.89. The van der Waals surface area contributed by atoms with Crippen LogP contribution in [0.2, 0.25) is 0 Å². The van der Waals surface area contributed by atoms with Gasteiger partial charge in [0, 0.05) is 18.8 Å². The van der Waals surface area contributed by atoms with Crippen molar-refractivity contribution in [3.8, 4) is 0 Å². The van der Waals surface area contributed by atoms with Gasteiger partial charge in [-0.15, -0.1) is 0 Å². The maximum Gasteiger partial charge on any atom is 0.0522 e. The molecule has 0 radical (unpaired) electrons. The number of nitrogens with two attached hydrogens (primary N) is 1. The Morgan fingerprint density at radius 2 is 2.14 bits per heavy atom. The molecule has 0 aliphatic carbocycles. The van der Waals surface area contributed by atoms with Crippen LogP contribution >= 0.6 is 0 Å². The fourth-order valence-electron chi connectivity index (χ4n) is 1.24. The average molecular weight is 195 g/mol. The lowest BCUT2D eigenvalue weighted by atomic mass is 9.84. The smallest absolute Gasteiger partial charge is 0.0522 e. The first kappa shape index (κ1) is 11.2. The lowest BCUT2D eigenvalue weighted by molar-refractivity contribution is 0.318. The monoisotopic (exact) mass is 195 g/mol. The van der Waals surface area contributed by atoms with Gasteiger partial charge >= 0.3 is 0 Å². The maximum atomic E-state index is 6.10. The molecule has 0 amide bonds. The van der Waals surface area contributed by atoms with Gasteiger partial charge in [-0.3, -0.25) is 4.68 Å². The van der Waals surface area contributed by atoms with Gasteiger partial charge in [0.25, 0.3) is 0 Å². The Hall–Kier alpha value is -0.830. The van der Waals surface area contributed by atoms with Gasteiger partial charge in [0.1, 0.15) is 0 Å². The second-order valence-corrected chi connectivity index (χ2v) is 4.88. The summed E-state index contributed by atoms with van der Waals surface area (Å²) in [5, 5.41) is 4.23. The van der Waals surface area contributed by atoms with Gasteiger partial charge in [-0.05, 0) is 24.3 Å². The van der Waals surface area contributed by atoms with Crippen LogP contribution in [0.1, 0.15) is 33.3 Å². The molecule has 0 bridgehead atoms. The molecule has 1 aromatic heterocycles. The second kappa shape index (κ2) is 4.13. The molecule has 2 N–H and O–H groups in total. The predicted molar refractivity (Wildman–Crippen MR) is 59.0 cm³/mol. The van der Waals surface area contributed by atoms with E-state index in [1.165, 1.54) is 5.56 Å². The van der Waals surface area contributed by atoms with E-state index in [4.69, 9.17) is 5.73 Å². The Labute approximate surface area is 86.3 Å². The topological polar surface area (TPSA) is 43.8 Å². The number of nitrogens with zero attached hydrogens (tertiary/aromatic N) is 2. The molecule has 1 atom stereocenters. The lowest BCUT2D eigenvalue weighted by Gasteiger charge is -2.26. The third kappa shape index (κ3) is 2.84. The second-order valence-electron chi connectivity index (χ2n) is 4.88. The highest BCUT2D eigenvalue weighted by Crippen LogP contribution is 2.20. The minimum absolute atomic E-state index is 0.161. The zero-order valence-electron chi connectivity index (χ0n) is 9.62. The normalized spacial score (nSPS) is 14.4. The van der Waals surface area contributed by atoms with Gasteiger partial charge in [-0.25, -0.2) is 0 Å². The molecule has 1 unspecified atom stereocenters. The molecule has 0 spiro atoms. The Morgan fingerprint density at radius 3 is 2.57 bits per heavy atom. The molecule has 0 aliphatic rings. The van der Waals surface area contributed by atoms with E-state index in [2.05, 4.69) is 39.0 Å². The minimum Gasteiger partial charge on any atom is -0.327 e. The highest BCUT2D eigenvalue weighted by molar-refractivity contribution is 5.07. The van der Waals surface area contributed by atoms with Crippen molar-refractivity contribution in [1.29, 1.82) is 0 Å². The van der Waals surface area contributed by atoms with Crippen LogP contribution in [-0.4, -0.2) is 15.8 Å². The summed E-state index contributed by atoms with van der Waals surface area (Å²) in [6, 6.07) is 0.192.